The Morgan fingerprint density at radius 3 is 2.63 bits per heavy atom. The zero-order valence-corrected chi connectivity index (χ0v) is 17.3. The first-order chi connectivity index (χ1) is 14.7. The molecule has 0 saturated heterocycles. The second kappa shape index (κ2) is 9.11. The quantitative estimate of drug-likeness (QED) is 0.492. The highest BCUT2D eigenvalue weighted by molar-refractivity contribution is 5.97. The van der Waals surface area contributed by atoms with Crippen molar-refractivity contribution < 1.29 is 14.6 Å². The Morgan fingerprint density at radius 1 is 1.13 bits per heavy atom. The van der Waals surface area contributed by atoms with Gasteiger partial charge in [0, 0.05) is 23.6 Å². The number of benzene rings is 2. The summed E-state index contributed by atoms with van der Waals surface area (Å²) in [5.41, 5.74) is 1.62. The molecule has 1 aromatic heterocycles. The highest BCUT2D eigenvalue weighted by Crippen LogP contribution is 2.41. The van der Waals surface area contributed by atoms with Gasteiger partial charge < -0.3 is 14.4 Å². The fraction of sp³-hybridized carbons (Fsp3) is 0.375. The van der Waals surface area contributed by atoms with Gasteiger partial charge >= 0.3 is 0 Å². The highest BCUT2D eigenvalue weighted by atomic mass is 16.5. The molecule has 0 bridgehead atoms. The lowest BCUT2D eigenvalue weighted by Crippen LogP contribution is -2.10. The normalized spacial score (nSPS) is 15.1. The van der Waals surface area contributed by atoms with E-state index < -0.39 is 5.91 Å². The van der Waals surface area contributed by atoms with Gasteiger partial charge in [-0.3, -0.25) is 4.79 Å². The predicted octanol–water partition coefficient (Wildman–Crippen LogP) is 6.25. The first-order valence-electron chi connectivity index (χ1n) is 10.6. The summed E-state index contributed by atoms with van der Waals surface area (Å²) in [5, 5.41) is 19.7. The molecule has 1 aliphatic rings. The van der Waals surface area contributed by atoms with E-state index >= 15 is 0 Å². The summed E-state index contributed by atoms with van der Waals surface area (Å²) in [6, 6.07) is 14.4. The van der Waals surface area contributed by atoms with Gasteiger partial charge in [-0.05, 0) is 36.6 Å². The molecule has 2 aromatic carbocycles. The van der Waals surface area contributed by atoms with Crippen LogP contribution in [-0.2, 0) is 6.54 Å². The number of methoxy groups -OCH3 is 1. The maximum Gasteiger partial charge on any atom is 0.295 e. The van der Waals surface area contributed by atoms with Crippen molar-refractivity contribution in [3.8, 4) is 11.6 Å². The molecule has 6 nitrogen and oxygen atoms in total. The summed E-state index contributed by atoms with van der Waals surface area (Å²) in [5.74, 6) is 0.999. The minimum atomic E-state index is -0.438. The molecule has 6 heteroatoms. The van der Waals surface area contributed by atoms with Crippen LogP contribution in [0.25, 0.3) is 10.9 Å². The second-order valence-electron chi connectivity index (χ2n) is 7.87. The molecule has 0 aliphatic heterocycles. The van der Waals surface area contributed by atoms with Crippen LogP contribution in [0.3, 0.4) is 0 Å². The van der Waals surface area contributed by atoms with Gasteiger partial charge in [0.15, 0.2) is 5.69 Å². The number of hydrogen-bond donors (Lipinski definition) is 1. The molecule has 1 N–H and O–H groups in total. The van der Waals surface area contributed by atoms with Crippen LogP contribution in [0.15, 0.2) is 58.8 Å². The zero-order chi connectivity index (χ0) is 20.9. The largest absolute Gasteiger partial charge is 0.497 e. The molecular weight excluding hydrogens is 378 g/mol. The highest BCUT2D eigenvalue weighted by Gasteiger charge is 2.20. The van der Waals surface area contributed by atoms with Gasteiger partial charge in [0.25, 0.3) is 5.91 Å². The number of fused-ring (bicyclic) bond motifs is 1. The summed E-state index contributed by atoms with van der Waals surface area (Å²) in [6.45, 7) is 0.697. The number of carbonyl (C=O) groups excluding carboxylic acids is 1. The van der Waals surface area contributed by atoms with Crippen LogP contribution >= 0.6 is 0 Å². The number of ether oxygens (including phenoxy) is 1. The number of carbonyl (C=O) groups is 1. The third kappa shape index (κ3) is 4.22. The van der Waals surface area contributed by atoms with Crippen LogP contribution in [0.5, 0.6) is 11.6 Å². The first kappa shape index (κ1) is 20.1. The fourth-order valence-electron chi connectivity index (χ4n) is 4.27. The minimum absolute atomic E-state index is 0.0404. The minimum Gasteiger partial charge on any atom is -0.497 e. The lowest BCUT2D eigenvalue weighted by Gasteiger charge is -2.21. The van der Waals surface area contributed by atoms with Crippen LogP contribution in [0.2, 0.25) is 0 Å². The average molecular weight is 405 g/mol. The van der Waals surface area contributed by atoms with Gasteiger partial charge in [0.1, 0.15) is 5.75 Å². The number of amides is 1. The molecule has 1 amide bonds. The molecule has 1 heterocycles. The molecule has 4 rings (SSSR count). The van der Waals surface area contributed by atoms with Gasteiger partial charge in [-0.25, -0.2) is 0 Å². The molecule has 3 aromatic rings. The van der Waals surface area contributed by atoms with Crippen molar-refractivity contribution in [1.82, 2.24) is 4.57 Å². The molecule has 0 atom stereocenters. The van der Waals surface area contributed by atoms with Crippen LogP contribution in [0, 0.1) is 5.92 Å². The number of rotatable bonds is 6. The Hall–Kier alpha value is -3.15. The van der Waals surface area contributed by atoms with E-state index in [4.69, 9.17) is 4.74 Å². The summed E-state index contributed by atoms with van der Waals surface area (Å²) < 4.78 is 7.24. The van der Waals surface area contributed by atoms with E-state index in [1.165, 1.54) is 32.1 Å². The third-order valence-electron chi connectivity index (χ3n) is 5.97. The summed E-state index contributed by atoms with van der Waals surface area (Å²) >= 11 is 0. The van der Waals surface area contributed by atoms with Crippen molar-refractivity contribution in [2.75, 3.05) is 7.11 Å². The second-order valence-corrected chi connectivity index (χ2v) is 7.87. The number of nitrogens with zero attached hydrogens (tertiary/aromatic N) is 3. The summed E-state index contributed by atoms with van der Waals surface area (Å²) in [4.78, 5) is 12.3. The van der Waals surface area contributed by atoms with Crippen molar-refractivity contribution in [2.24, 2.45) is 16.1 Å². The smallest absolute Gasteiger partial charge is 0.295 e. The number of azo groups is 1. The molecule has 1 aliphatic carbocycles. The van der Waals surface area contributed by atoms with Crippen LogP contribution in [0.1, 0.15) is 48.9 Å². The van der Waals surface area contributed by atoms with Crippen molar-refractivity contribution >= 4 is 22.5 Å². The molecule has 0 spiro atoms. The SMILES string of the molecule is COc1ccc2c(N=NC(=O)c3ccccc3)c(O)n(CCC3CCCCC3)c2c1. The Balaban J connectivity index is 1.66. The zero-order valence-electron chi connectivity index (χ0n) is 17.3. The van der Waals surface area contributed by atoms with Crippen molar-refractivity contribution in [2.45, 2.75) is 45.1 Å². The summed E-state index contributed by atoms with van der Waals surface area (Å²) in [7, 11) is 1.62. The Morgan fingerprint density at radius 2 is 1.90 bits per heavy atom. The Kier molecular flexibility index (Phi) is 6.12. The molecule has 1 saturated carbocycles. The van der Waals surface area contributed by atoms with E-state index in [1.807, 2.05) is 28.8 Å². The third-order valence-corrected chi connectivity index (χ3v) is 5.97. The van der Waals surface area contributed by atoms with Gasteiger partial charge in [-0.15, -0.1) is 10.2 Å². The number of aromatic hydroxyl groups is 1. The average Bonchev–Trinajstić information content (AvgIpc) is 3.07. The molecule has 0 unspecified atom stereocenters. The van der Waals surface area contributed by atoms with Crippen molar-refractivity contribution in [3.63, 3.8) is 0 Å². The molecule has 0 radical (unpaired) electrons. The van der Waals surface area contributed by atoms with Crippen molar-refractivity contribution in [1.29, 1.82) is 0 Å². The van der Waals surface area contributed by atoms with Crippen molar-refractivity contribution in [3.05, 3.63) is 54.1 Å². The number of aryl methyl sites for hydroxylation is 1. The van der Waals surface area contributed by atoms with E-state index in [0.717, 1.165) is 17.3 Å². The maximum absolute atomic E-state index is 12.3. The molecular formula is C24H27N3O3. The first-order valence-corrected chi connectivity index (χ1v) is 10.6. The topological polar surface area (TPSA) is 76.2 Å². The Bertz CT molecular complexity index is 1050. The maximum atomic E-state index is 12.3. The van der Waals surface area contributed by atoms with Crippen LogP contribution < -0.4 is 4.74 Å². The van der Waals surface area contributed by atoms with E-state index in [9.17, 15) is 9.90 Å². The number of hydrogen-bond acceptors (Lipinski definition) is 4. The van der Waals surface area contributed by atoms with Gasteiger partial charge in [0.2, 0.25) is 5.88 Å². The summed E-state index contributed by atoms with van der Waals surface area (Å²) in [6.07, 6.45) is 7.41. The lowest BCUT2D eigenvalue weighted by molar-refractivity contribution is 0.0995. The van der Waals surface area contributed by atoms with Gasteiger partial charge in [-0.1, -0.05) is 50.3 Å². The molecule has 1 fully saturated rings. The van der Waals surface area contributed by atoms with Gasteiger partial charge in [0.05, 0.1) is 12.6 Å². The fourth-order valence-corrected chi connectivity index (χ4v) is 4.27. The van der Waals surface area contributed by atoms with E-state index in [0.29, 0.717) is 29.5 Å². The lowest BCUT2D eigenvalue weighted by atomic mass is 9.87. The van der Waals surface area contributed by atoms with E-state index in [-0.39, 0.29) is 5.88 Å². The van der Waals surface area contributed by atoms with Crippen LogP contribution in [-0.4, -0.2) is 22.7 Å². The standard InChI is InChI=1S/C24H27N3O3/c1-30-19-12-13-20-21(16-19)27(15-14-17-8-4-2-5-9-17)24(29)22(20)25-26-23(28)18-10-6-3-7-11-18/h3,6-7,10-13,16-17,29H,2,4-5,8-9,14-15H2,1H3. The van der Waals surface area contributed by atoms with E-state index in [2.05, 4.69) is 10.2 Å². The van der Waals surface area contributed by atoms with Crippen LogP contribution in [0.4, 0.5) is 5.69 Å². The number of aromatic nitrogens is 1. The predicted molar refractivity (Wildman–Crippen MR) is 117 cm³/mol. The molecule has 156 valence electrons. The van der Waals surface area contributed by atoms with E-state index in [1.54, 1.807) is 31.4 Å². The van der Waals surface area contributed by atoms with Gasteiger partial charge in [-0.2, -0.15) is 0 Å². The molecule has 30 heavy (non-hydrogen) atoms. The monoisotopic (exact) mass is 405 g/mol. The Labute approximate surface area is 176 Å².